The molecule has 0 saturated heterocycles. The predicted molar refractivity (Wildman–Crippen MR) is 109 cm³/mol. The molecule has 6 heteroatoms. The Morgan fingerprint density at radius 2 is 1.00 bits per heavy atom. The fourth-order valence-corrected chi connectivity index (χ4v) is 3.94. The zero-order chi connectivity index (χ0) is 19.5. The van der Waals surface area contributed by atoms with E-state index in [1.54, 1.807) is 0 Å². The topological polar surface area (TPSA) is 77.4 Å². The number of aliphatic hydroxyl groups excluding tert-OH is 1. The van der Waals surface area contributed by atoms with Gasteiger partial charge >= 0.3 is 29.6 Å². The van der Waals surface area contributed by atoms with Gasteiger partial charge in [0, 0.05) is 5.75 Å². The number of hydrogen-bond acceptors (Lipinski definition) is 4. The Morgan fingerprint density at radius 1 is 0.667 bits per heavy atom. The van der Waals surface area contributed by atoms with E-state index in [2.05, 4.69) is 6.92 Å². The van der Waals surface area contributed by atoms with Crippen molar-refractivity contribution in [2.45, 2.75) is 129 Å². The Hall–Kier alpha value is 0.870. The second kappa shape index (κ2) is 21.6. The molecule has 1 atom stereocenters. The molecule has 0 aromatic heterocycles. The second-order valence-corrected chi connectivity index (χ2v) is 9.32. The van der Waals surface area contributed by atoms with Crippen LogP contribution in [0.15, 0.2) is 0 Å². The Balaban J connectivity index is 0. The van der Waals surface area contributed by atoms with Gasteiger partial charge in [-0.1, -0.05) is 103 Å². The van der Waals surface area contributed by atoms with E-state index in [-0.39, 0.29) is 41.4 Å². The summed E-state index contributed by atoms with van der Waals surface area (Å²) >= 11 is 0. The molecular weight excluding hydrogens is 371 g/mol. The summed E-state index contributed by atoms with van der Waals surface area (Å²) in [5, 5.41) is 9.99. The van der Waals surface area contributed by atoms with Gasteiger partial charge in [-0.2, -0.15) is 0 Å². The van der Waals surface area contributed by atoms with E-state index in [4.69, 9.17) is 0 Å². The third kappa shape index (κ3) is 26.9. The van der Waals surface area contributed by atoms with E-state index in [9.17, 15) is 18.1 Å². The summed E-state index contributed by atoms with van der Waals surface area (Å²) in [6.45, 7) is 2.24. The van der Waals surface area contributed by atoms with Crippen molar-refractivity contribution in [1.29, 1.82) is 0 Å². The van der Waals surface area contributed by atoms with E-state index >= 15 is 0 Å². The van der Waals surface area contributed by atoms with E-state index in [1.165, 1.54) is 70.6 Å². The Labute approximate surface area is 191 Å². The first kappa shape index (κ1) is 30.1. The first-order valence-electron chi connectivity index (χ1n) is 11.1. The van der Waals surface area contributed by atoms with Crippen LogP contribution >= 0.6 is 0 Å². The van der Waals surface area contributed by atoms with Crippen LogP contribution in [0.25, 0.3) is 0 Å². The van der Waals surface area contributed by atoms with Crippen molar-refractivity contribution in [3.8, 4) is 0 Å². The summed E-state index contributed by atoms with van der Waals surface area (Å²) < 4.78 is 31.4. The molecule has 0 fully saturated rings. The minimum atomic E-state index is -4.02. The van der Waals surface area contributed by atoms with Crippen molar-refractivity contribution in [3.05, 3.63) is 0 Å². The van der Waals surface area contributed by atoms with Crippen molar-refractivity contribution in [3.63, 3.8) is 0 Å². The minimum absolute atomic E-state index is 0. The van der Waals surface area contributed by atoms with Crippen LogP contribution in [-0.4, -0.2) is 29.9 Å². The quantitative estimate of drug-likeness (QED) is 0.189. The third-order valence-electron chi connectivity index (χ3n) is 5.07. The zero-order valence-corrected chi connectivity index (χ0v) is 20.9. The smallest absolute Gasteiger partial charge is 0.748 e. The predicted octanol–water partition coefficient (Wildman–Crippen LogP) is 2.94. The van der Waals surface area contributed by atoms with Crippen LogP contribution < -0.4 is 29.6 Å². The second-order valence-electron chi connectivity index (χ2n) is 7.80. The van der Waals surface area contributed by atoms with Crippen molar-refractivity contribution >= 4 is 10.1 Å². The maximum absolute atomic E-state index is 10.5. The molecule has 0 aliphatic heterocycles. The van der Waals surface area contributed by atoms with Gasteiger partial charge in [0.15, 0.2) is 0 Å². The molecule has 0 heterocycles. The fourth-order valence-electron chi connectivity index (χ4n) is 3.38. The fraction of sp³-hybridized carbons (Fsp3) is 1.00. The molecule has 0 aromatic rings. The first-order chi connectivity index (χ1) is 12.5. The molecule has 158 valence electrons. The summed E-state index contributed by atoms with van der Waals surface area (Å²) in [4.78, 5) is 0. The summed E-state index contributed by atoms with van der Waals surface area (Å²) in [5.41, 5.74) is 0. The van der Waals surface area contributed by atoms with Crippen molar-refractivity contribution in [1.82, 2.24) is 0 Å². The molecule has 0 spiro atoms. The van der Waals surface area contributed by atoms with E-state index < -0.39 is 10.1 Å². The van der Waals surface area contributed by atoms with Gasteiger partial charge in [0.2, 0.25) is 0 Å². The van der Waals surface area contributed by atoms with Crippen molar-refractivity contribution < 1.29 is 47.6 Å². The van der Waals surface area contributed by atoms with Gasteiger partial charge in [-0.3, -0.25) is 0 Å². The van der Waals surface area contributed by atoms with Crippen LogP contribution in [0.2, 0.25) is 0 Å². The Morgan fingerprint density at radius 3 is 1.37 bits per heavy atom. The molecule has 0 saturated carbocycles. The molecule has 0 amide bonds. The number of hydrogen-bond donors (Lipinski definition) is 1. The number of unbranched alkanes of at least 4 members (excludes halogenated alkanes) is 14. The van der Waals surface area contributed by atoms with Gasteiger partial charge in [0.05, 0.1) is 16.2 Å². The van der Waals surface area contributed by atoms with Crippen LogP contribution in [0.1, 0.15) is 122 Å². The van der Waals surface area contributed by atoms with Crippen molar-refractivity contribution in [2.75, 3.05) is 5.75 Å². The molecule has 0 bridgehead atoms. The van der Waals surface area contributed by atoms with Crippen LogP contribution in [0, 0.1) is 0 Å². The maximum Gasteiger partial charge on any atom is 1.00 e. The van der Waals surface area contributed by atoms with Crippen molar-refractivity contribution in [2.24, 2.45) is 0 Å². The summed E-state index contributed by atoms with van der Waals surface area (Å²) in [7, 11) is -4.02. The first-order valence-corrected chi connectivity index (χ1v) is 12.6. The van der Waals surface area contributed by atoms with Gasteiger partial charge in [0.25, 0.3) is 0 Å². The Bertz CT molecular complexity index is 388. The van der Waals surface area contributed by atoms with Gasteiger partial charge in [-0.05, 0) is 19.3 Å². The molecule has 1 N–H and O–H groups in total. The third-order valence-corrected chi connectivity index (χ3v) is 5.86. The molecule has 4 nitrogen and oxygen atoms in total. The van der Waals surface area contributed by atoms with Crippen LogP contribution in [-0.2, 0) is 10.1 Å². The molecule has 0 aliphatic carbocycles. The maximum atomic E-state index is 10.5. The van der Waals surface area contributed by atoms with Crippen LogP contribution in [0.4, 0.5) is 0 Å². The summed E-state index contributed by atoms with van der Waals surface area (Å²) in [6.07, 6.45) is 20.4. The minimum Gasteiger partial charge on any atom is -0.748 e. The molecule has 0 aliphatic rings. The van der Waals surface area contributed by atoms with Gasteiger partial charge in [-0.25, -0.2) is 8.42 Å². The summed E-state index contributed by atoms with van der Waals surface area (Å²) in [5.74, 6) is -0.211. The average Bonchev–Trinajstić information content (AvgIpc) is 2.58. The number of rotatable bonds is 20. The van der Waals surface area contributed by atoms with Crippen LogP contribution in [0.5, 0.6) is 0 Å². The molecule has 0 radical (unpaired) electrons. The molecule has 0 rings (SSSR count). The van der Waals surface area contributed by atoms with Crippen LogP contribution in [0.3, 0.4) is 0 Å². The Kier molecular flexibility index (Phi) is 24.0. The molecule has 1 unspecified atom stereocenters. The largest absolute Gasteiger partial charge is 1.00 e. The number of aliphatic hydroxyl groups is 1. The van der Waals surface area contributed by atoms with E-state index in [1.807, 2.05) is 0 Å². The summed E-state index contributed by atoms with van der Waals surface area (Å²) in [6, 6.07) is 0. The van der Waals surface area contributed by atoms with E-state index in [0.717, 1.165) is 38.5 Å². The van der Waals surface area contributed by atoms with Gasteiger partial charge in [0.1, 0.15) is 0 Å². The van der Waals surface area contributed by atoms with Gasteiger partial charge < -0.3 is 9.66 Å². The molecular formula is C21H43NaO4S. The van der Waals surface area contributed by atoms with Gasteiger partial charge in [-0.15, -0.1) is 0 Å². The molecule has 0 aromatic carbocycles. The zero-order valence-electron chi connectivity index (χ0n) is 18.1. The molecule has 27 heavy (non-hydrogen) atoms. The SMILES string of the molecule is CCCCCCCCC(O)CCCCCCCCCCCCS(=O)(=O)[O-].[Na+]. The van der Waals surface area contributed by atoms with E-state index in [0.29, 0.717) is 6.42 Å². The average molecular weight is 415 g/mol. The monoisotopic (exact) mass is 414 g/mol. The normalized spacial score (nSPS) is 12.7. The standard InChI is InChI=1S/C21H44O4S.Na/c1-2-3-4-5-12-15-18-21(22)19-16-13-10-8-6-7-9-11-14-17-20-26(23,24)25;/h21-22H,2-20H2,1H3,(H,23,24,25);/q;+1/p-1.